The highest BCUT2D eigenvalue weighted by molar-refractivity contribution is 5.36. The Morgan fingerprint density at radius 3 is 2.76 bits per heavy atom. The summed E-state index contributed by atoms with van der Waals surface area (Å²) in [7, 11) is 0. The van der Waals surface area contributed by atoms with Crippen molar-refractivity contribution in [1.82, 2.24) is 0 Å². The van der Waals surface area contributed by atoms with Crippen molar-refractivity contribution in [2.24, 2.45) is 5.73 Å². The minimum Gasteiger partial charge on any atom is -0.493 e. The lowest BCUT2D eigenvalue weighted by molar-refractivity contribution is 0.264. The Morgan fingerprint density at radius 2 is 2.12 bits per heavy atom. The zero-order valence-corrected chi connectivity index (χ0v) is 10.2. The zero-order valence-electron chi connectivity index (χ0n) is 10.2. The molecule has 4 heteroatoms. The number of halogens is 1. The Morgan fingerprint density at radius 1 is 1.35 bits per heavy atom. The molecule has 1 rings (SSSR count). The predicted molar refractivity (Wildman–Crippen MR) is 65.4 cm³/mol. The van der Waals surface area contributed by atoms with Gasteiger partial charge in [-0.25, -0.2) is 4.39 Å². The van der Waals surface area contributed by atoms with E-state index in [1.54, 1.807) is 6.07 Å². The van der Waals surface area contributed by atoms with Crippen molar-refractivity contribution >= 4 is 0 Å². The molecule has 1 aromatic carbocycles. The number of aliphatic hydroxyl groups excluding tert-OH is 1. The maximum absolute atomic E-state index is 13.1. The van der Waals surface area contributed by atoms with Gasteiger partial charge in [-0.2, -0.15) is 0 Å². The van der Waals surface area contributed by atoms with E-state index in [1.807, 2.05) is 6.92 Å². The van der Waals surface area contributed by atoms with E-state index in [2.05, 4.69) is 0 Å². The third-order valence-corrected chi connectivity index (χ3v) is 2.53. The van der Waals surface area contributed by atoms with Gasteiger partial charge in [0, 0.05) is 24.3 Å². The van der Waals surface area contributed by atoms with Gasteiger partial charge in [-0.15, -0.1) is 0 Å². The van der Waals surface area contributed by atoms with Gasteiger partial charge in [0.15, 0.2) is 0 Å². The lowest BCUT2D eigenvalue weighted by atomic mass is 10.1. The van der Waals surface area contributed by atoms with Gasteiger partial charge in [0.05, 0.1) is 6.61 Å². The van der Waals surface area contributed by atoms with E-state index < -0.39 is 0 Å². The predicted octanol–water partition coefficient (Wildman–Crippen LogP) is 2.39. The lowest BCUT2D eigenvalue weighted by Gasteiger charge is -2.14. The highest BCUT2D eigenvalue weighted by Crippen LogP contribution is 2.25. The van der Waals surface area contributed by atoms with Crippen LogP contribution in [-0.4, -0.2) is 18.3 Å². The van der Waals surface area contributed by atoms with Crippen molar-refractivity contribution in [2.45, 2.75) is 32.2 Å². The number of nitrogens with two attached hydrogens (primary N) is 1. The van der Waals surface area contributed by atoms with Gasteiger partial charge in [0.2, 0.25) is 0 Å². The minimum atomic E-state index is -0.320. The number of rotatable bonds is 7. The van der Waals surface area contributed by atoms with Gasteiger partial charge in [0.25, 0.3) is 0 Å². The van der Waals surface area contributed by atoms with Gasteiger partial charge >= 0.3 is 0 Å². The Balaban J connectivity index is 2.53. The molecule has 96 valence electrons. The summed E-state index contributed by atoms with van der Waals surface area (Å²) >= 11 is 0. The summed E-state index contributed by atoms with van der Waals surface area (Å²) in [5, 5.41) is 8.63. The van der Waals surface area contributed by atoms with Gasteiger partial charge in [0.1, 0.15) is 11.6 Å². The maximum Gasteiger partial charge on any atom is 0.126 e. The van der Waals surface area contributed by atoms with Crippen molar-refractivity contribution in [2.75, 3.05) is 13.2 Å². The fourth-order valence-corrected chi connectivity index (χ4v) is 1.58. The number of aliphatic hydroxyl groups is 1. The van der Waals surface area contributed by atoms with E-state index in [0.717, 1.165) is 24.8 Å². The van der Waals surface area contributed by atoms with Crippen LogP contribution in [0, 0.1) is 5.82 Å². The SMILES string of the molecule is C[C@@H](N)c1ccc(F)cc1OCCCCCO. The lowest BCUT2D eigenvalue weighted by Crippen LogP contribution is -2.09. The molecule has 0 aliphatic heterocycles. The molecule has 0 spiro atoms. The standard InChI is InChI=1S/C13H20FNO2/c1-10(15)12-6-5-11(14)9-13(12)17-8-4-2-3-7-16/h5-6,9-10,16H,2-4,7-8,15H2,1H3/t10-/m1/s1. The molecule has 1 aromatic rings. The zero-order chi connectivity index (χ0) is 12.7. The summed E-state index contributed by atoms with van der Waals surface area (Å²) in [6.45, 7) is 2.56. The van der Waals surface area contributed by atoms with Crippen LogP contribution in [0.4, 0.5) is 4.39 Å². The highest BCUT2D eigenvalue weighted by atomic mass is 19.1. The third kappa shape index (κ3) is 4.71. The summed E-state index contributed by atoms with van der Waals surface area (Å²) in [5.74, 6) is 0.198. The van der Waals surface area contributed by atoms with Crippen LogP contribution < -0.4 is 10.5 Å². The second kappa shape index (κ2) is 7.25. The van der Waals surface area contributed by atoms with E-state index in [1.165, 1.54) is 12.1 Å². The quantitative estimate of drug-likeness (QED) is 0.721. The van der Waals surface area contributed by atoms with Gasteiger partial charge in [-0.3, -0.25) is 0 Å². The molecule has 0 bridgehead atoms. The first-order valence-corrected chi connectivity index (χ1v) is 5.94. The van der Waals surface area contributed by atoms with Crippen LogP contribution in [0.25, 0.3) is 0 Å². The molecule has 0 amide bonds. The normalized spacial score (nSPS) is 12.5. The van der Waals surface area contributed by atoms with E-state index in [4.69, 9.17) is 15.6 Å². The summed E-state index contributed by atoms with van der Waals surface area (Å²) in [6.07, 6.45) is 2.52. The van der Waals surface area contributed by atoms with Crippen LogP contribution in [-0.2, 0) is 0 Å². The average Bonchev–Trinajstić information content (AvgIpc) is 2.28. The summed E-state index contributed by atoms with van der Waals surface area (Å²) in [5.41, 5.74) is 6.59. The largest absolute Gasteiger partial charge is 0.493 e. The number of hydrogen-bond acceptors (Lipinski definition) is 3. The molecule has 0 unspecified atom stereocenters. The first-order valence-electron chi connectivity index (χ1n) is 5.94. The van der Waals surface area contributed by atoms with E-state index >= 15 is 0 Å². The van der Waals surface area contributed by atoms with Crippen molar-refractivity contribution in [3.05, 3.63) is 29.6 Å². The molecule has 3 N–H and O–H groups in total. The number of benzene rings is 1. The Labute approximate surface area is 101 Å². The molecular formula is C13H20FNO2. The van der Waals surface area contributed by atoms with Crippen LogP contribution in [0.2, 0.25) is 0 Å². The monoisotopic (exact) mass is 241 g/mol. The van der Waals surface area contributed by atoms with Crippen LogP contribution in [0.3, 0.4) is 0 Å². The summed E-state index contributed by atoms with van der Waals surface area (Å²) in [4.78, 5) is 0. The first kappa shape index (κ1) is 13.9. The number of unbranched alkanes of at least 4 members (excludes halogenated alkanes) is 2. The molecule has 0 saturated carbocycles. The second-order valence-electron chi connectivity index (χ2n) is 4.10. The van der Waals surface area contributed by atoms with E-state index in [9.17, 15) is 4.39 Å². The molecule has 3 nitrogen and oxygen atoms in total. The smallest absolute Gasteiger partial charge is 0.126 e. The van der Waals surface area contributed by atoms with Gasteiger partial charge in [-0.1, -0.05) is 6.07 Å². The van der Waals surface area contributed by atoms with Gasteiger partial charge in [-0.05, 0) is 32.3 Å². The molecule has 0 aliphatic carbocycles. The second-order valence-corrected chi connectivity index (χ2v) is 4.10. The summed E-state index contributed by atoms with van der Waals surface area (Å²) in [6, 6.07) is 4.23. The molecule has 0 heterocycles. The molecule has 0 aromatic heterocycles. The van der Waals surface area contributed by atoms with Crippen LogP contribution in [0.1, 0.15) is 37.8 Å². The first-order chi connectivity index (χ1) is 8.15. The molecule has 17 heavy (non-hydrogen) atoms. The highest BCUT2D eigenvalue weighted by Gasteiger charge is 2.09. The van der Waals surface area contributed by atoms with Crippen LogP contribution in [0.5, 0.6) is 5.75 Å². The molecule has 0 radical (unpaired) electrons. The molecule has 0 fully saturated rings. The van der Waals surface area contributed by atoms with Crippen molar-refractivity contribution in [1.29, 1.82) is 0 Å². The maximum atomic E-state index is 13.1. The molecular weight excluding hydrogens is 221 g/mol. The third-order valence-electron chi connectivity index (χ3n) is 2.53. The van der Waals surface area contributed by atoms with Crippen molar-refractivity contribution in [3.8, 4) is 5.75 Å². The van der Waals surface area contributed by atoms with Crippen LogP contribution >= 0.6 is 0 Å². The van der Waals surface area contributed by atoms with Crippen molar-refractivity contribution < 1.29 is 14.2 Å². The van der Waals surface area contributed by atoms with Crippen LogP contribution in [0.15, 0.2) is 18.2 Å². The molecule has 1 atom stereocenters. The average molecular weight is 241 g/mol. The Bertz CT molecular complexity index is 342. The van der Waals surface area contributed by atoms with E-state index in [0.29, 0.717) is 12.4 Å². The fourth-order valence-electron chi connectivity index (χ4n) is 1.58. The topological polar surface area (TPSA) is 55.5 Å². The Hall–Kier alpha value is -1.13. The fraction of sp³-hybridized carbons (Fsp3) is 0.538. The van der Waals surface area contributed by atoms with Gasteiger partial charge < -0.3 is 15.6 Å². The number of hydrogen-bond donors (Lipinski definition) is 2. The number of ether oxygens (including phenoxy) is 1. The van der Waals surface area contributed by atoms with Crippen molar-refractivity contribution in [3.63, 3.8) is 0 Å². The minimum absolute atomic E-state index is 0.178. The molecule has 0 aliphatic rings. The summed E-state index contributed by atoms with van der Waals surface area (Å²) < 4.78 is 18.6. The molecule has 0 saturated heterocycles. The van der Waals surface area contributed by atoms with E-state index in [-0.39, 0.29) is 18.5 Å². The Kier molecular flexibility index (Phi) is 5.94.